The van der Waals surface area contributed by atoms with E-state index in [4.69, 9.17) is 0 Å². The molecular formula is C11H9N5O4. The Balaban J connectivity index is 2.04. The van der Waals surface area contributed by atoms with E-state index in [0.717, 1.165) is 12.4 Å². The zero-order valence-electron chi connectivity index (χ0n) is 10.0. The largest absolute Gasteiger partial charge is 0.278 e. The molecule has 0 fully saturated rings. The first-order chi connectivity index (χ1) is 9.59. The highest BCUT2D eigenvalue weighted by Gasteiger charge is 2.28. The summed E-state index contributed by atoms with van der Waals surface area (Å²) in [4.78, 5) is 32.9. The summed E-state index contributed by atoms with van der Waals surface area (Å²) in [6, 6.07) is 5.93. The lowest BCUT2D eigenvalue weighted by molar-refractivity contribution is -0.385. The fraction of sp³-hybridized carbons (Fsp3) is 0.0909. The van der Waals surface area contributed by atoms with Crippen LogP contribution in [0.4, 0.5) is 5.69 Å². The van der Waals surface area contributed by atoms with E-state index in [1.165, 1.54) is 18.2 Å². The highest BCUT2D eigenvalue weighted by atomic mass is 16.6. The van der Waals surface area contributed by atoms with E-state index in [1.54, 1.807) is 6.07 Å². The van der Waals surface area contributed by atoms with Crippen LogP contribution >= 0.6 is 0 Å². The minimum Gasteiger partial charge on any atom is -0.272 e. The third-order valence-electron chi connectivity index (χ3n) is 2.48. The molecule has 1 atom stereocenters. The highest BCUT2D eigenvalue weighted by Crippen LogP contribution is 2.15. The smallest absolute Gasteiger partial charge is 0.272 e. The van der Waals surface area contributed by atoms with Crippen LogP contribution in [-0.4, -0.2) is 29.2 Å². The van der Waals surface area contributed by atoms with Crippen molar-refractivity contribution in [1.82, 2.24) is 10.9 Å². The zero-order chi connectivity index (χ0) is 14.5. The van der Waals surface area contributed by atoms with Crippen LogP contribution in [0.5, 0.6) is 0 Å². The van der Waals surface area contributed by atoms with Gasteiger partial charge in [0, 0.05) is 12.3 Å². The van der Waals surface area contributed by atoms with Gasteiger partial charge in [-0.2, -0.15) is 10.2 Å². The van der Waals surface area contributed by atoms with E-state index in [-0.39, 0.29) is 11.3 Å². The maximum atomic E-state index is 11.6. The first-order valence-corrected chi connectivity index (χ1v) is 5.49. The SMILES string of the molecule is O=C1NN=C[C@H]1C(=O)N/N=C\c1ccccc1[N+](=O)[O-]. The number of hydrogen-bond acceptors (Lipinski definition) is 6. The van der Waals surface area contributed by atoms with Crippen molar-refractivity contribution < 1.29 is 14.5 Å². The van der Waals surface area contributed by atoms with Crippen LogP contribution < -0.4 is 10.9 Å². The lowest BCUT2D eigenvalue weighted by Gasteiger charge is -2.02. The van der Waals surface area contributed by atoms with Crippen molar-refractivity contribution >= 4 is 29.9 Å². The first-order valence-electron chi connectivity index (χ1n) is 5.49. The van der Waals surface area contributed by atoms with Crippen LogP contribution in [0, 0.1) is 16.0 Å². The van der Waals surface area contributed by atoms with Gasteiger partial charge in [0.2, 0.25) is 0 Å². The zero-order valence-corrected chi connectivity index (χ0v) is 10.0. The first kappa shape index (κ1) is 13.3. The summed E-state index contributed by atoms with van der Waals surface area (Å²) in [7, 11) is 0. The number of nitrogens with one attached hydrogen (secondary N) is 2. The van der Waals surface area contributed by atoms with Gasteiger partial charge in [-0.25, -0.2) is 10.9 Å². The lowest BCUT2D eigenvalue weighted by Crippen LogP contribution is -2.34. The molecule has 1 aliphatic heterocycles. The van der Waals surface area contributed by atoms with Gasteiger partial charge in [-0.1, -0.05) is 12.1 Å². The minimum atomic E-state index is -1.04. The van der Waals surface area contributed by atoms with Gasteiger partial charge in [-0.05, 0) is 6.07 Å². The summed E-state index contributed by atoms with van der Waals surface area (Å²) in [5, 5.41) is 17.8. The number of hydrogen-bond donors (Lipinski definition) is 2. The van der Waals surface area contributed by atoms with Crippen molar-refractivity contribution in [2.45, 2.75) is 0 Å². The van der Waals surface area contributed by atoms with Crippen molar-refractivity contribution in [3.63, 3.8) is 0 Å². The average Bonchev–Trinajstić information content (AvgIpc) is 2.85. The Bertz CT molecular complexity index is 625. The molecule has 1 heterocycles. The minimum absolute atomic E-state index is 0.134. The molecule has 9 nitrogen and oxygen atoms in total. The summed E-state index contributed by atoms with van der Waals surface area (Å²) in [6.45, 7) is 0. The topological polar surface area (TPSA) is 126 Å². The molecule has 0 saturated heterocycles. The quantitative estimate of drug-likeness (QED) is 0.341. The summed E-state index contributed by atoms with van der Waals surface area (Å²) in [5.74, 6) is -2.26. The van der Waals surface area contributed by atoms with Crippen molar-refractivity contribution in [2.24, 2.45) is 16.1 Å². The summed E-state index contributed by atoms with van der Waals surface area (Å²) >= 11 is 0. The molecule has 102 valence electrons. The molecule has 0 radical (unpaired) electrons. The number of nitrogens with zero attached hydrogens (tertiary/aromatic N) is 3. The third-order valence-corrected chi connectivity index (χ3v) is 2.48. The number of amides is 2. The molecule has 0 aromatic heterocycles. The summed E-state index contributed by atoms with van der Waals surface area (Å²) in [6.07, 6.45) is 2.29. The molecule has 1 aromatic carbocycles. The fourth-order valence-corrected chi connectivity index (χ4v) is 1.50. The molecule has 2 N–H and O–H groups in total. The molecular weight excluding hydrogens is 266 g/mol. The van der Waals surface area contributed by atoms with E-state index in [0.29, 0.717) is 0 Å². The Hall–Kier alpha value is -3.10. The Labute approximate surface area is 112 Å². The normalized spacial score (nSPS) is 17.2. The standard InChI is InChI=1S/C11H9N5O4/c17-10(8-6-13-15-11(8)18)14-12-5-7-3-1-2-4-9(7)16(19)20/h1-6,8H,(H,14,17)(H,15,18)/b12-5-/t8-/m0/s1. The van der Waals surface area contributed by atoms with Crippen LogP contribution in [0.1, 0.15) is 5.56 Å². The molecule has 0 saturated carbocycles. The fourth-order valence-electron chi connectivity index (χ4n) is 1.50. The molecule has 2 amide bonds. The second-order valence-electron chi connectivity index (χ2n) is 3.78. The second kappa shape index (κ2) is 5.69. The van der Waals surface area contributed by atoms with Crippen molar-refractivity contribution in [3.05, 3.63) is 39.9 Å². The molecule has 2 rings (SSSR count). The predicted octanol–water partition coefficient (Wildman–Crippen LogP) is -0.223. The summed E-state index contributed by atoms with van der Waals surface area (Å²) < 4.78 is 0. The molecule has 9 heteroatoms. The third kappa shape index (κ3) is 2.83. The molecule has 1 aromatic rings. The monoisotopic (exact) mass is 275 g/mol. The highest BCUT2D eigenvalue weighted by molar-refractivity contribution is 6.15. The van der Waals surface area contributed by atoms with Crippen LogP contribution in [0.3, 0.4) is 0 Å². The van der Waals surface area contributed by atoms with E-state index >= 15 is 0 Å². The number of para-hydroxylation sites is 1. The molecule has 0 aliphatic carbocycles. The summed E-state index contributed by atoms with van der Waals surface area (Å²) in [5.41, 5.74) is 4.34. The van der Waals surface area contributed by atoms with Gasteiger partial charge in [0.1, 0.15) is 0 Å². The number of carbonyl (C=O) groups is 2. The van der Waals surface area contributed by atoms with E-state index in [2.05, 4.69) is 21.1 Å². The van der Waals surface area contributed by atoms with Gasteiger partial charge in [0.15, 0.2) is 5.92 Å². The Morgan fingerprint density at radius 1 is 1.50 bits per heavy atom. The van der Waals surface area contributed by atoms with Crippen molar-refractivity contribution in [2.75, 3.05) is 0 Å². The number of hydrazone groups is 2. The van der Waals surface area contributed by atoms with E-state index in [1.807, 2.05) is 0 Å². The number of carbonyl (C=O) groups excluding carboxylic acids is 2. The van der Waals surface area contributed by atoms with Crippen molar-refractivity contribution in [3.8, 4) is 0 Å². The predicted molar refractivity (Wildman–Crippen MR) is 69.0 cm³/mol. The van der Waals surface area contributed by atoms with Crippen LogP contribution in [0.2, 0.25) is 0 Å². The molecule has 0 spiro atoms. The van der Waals surface area contributed by atoms with Crippen LogP contribution in [0.25, 0.3) is 0 Å². The van der Waals surface area contributed by atoms with E-state index < -0.39 is 22.7 Å². The Kier molecular flexibility index (Phi) is 3.80. The maximum absolute atomic E-state index is 11.6. The Morgan fingerprint density at radius 2 is 2.25 bits per heavy atom. The number of benzene rings is 1. The number of rotatable bonds is 4. The molecule has 1 aliphatic rings. The van der Waals surface area contributed by atoms with Crippen LogP contribution in [-0.2, 0) is 9.59 Å². The number of nitro groups is 1. The van der Waals surface area contributed by atoms with Gasteiger partial charge in [-0.3, -0.25) is 19.7 Å². The molecule has 20 heavy (non-hydrogen) atoms. The van der Waals surface area contributed by atoms with Gasteiger partial charge in [0.25, 0.3) is 17.5 Å². The Morgan fingerprint density at radius 3 is 2.90 bits per heavy atom. The van der Waals surface area contributed by atoms with Gasteiger partial charge in [0.05, 0.1) is 16.7 Å². The molecule has 0 bridgehead atoms. The lowest BCUT2D eigenvalue weighted by atomic mass is 10.1. The van der Waals surface area contributed by atoms with Gasteiger partial charge < -0.3 is 0 Å². The second-order valence-corrected chi connectivity index (χ2v) is 3.78. The van der Waals surface area contributed by atoms with Crippen LogP contribution in [0.15, 0.2) is 34.5 Å². The molecule has 0 unspecified atom stereocenters. The van der Waals surface area contributed by atoms with Crippen molar-refractivity contribution in [1.29, 1.82) is 0 Å². The van der Waals surface area contributed by atoms with Gasteiger partial charge >= 0.3 is 0 Å². The van der Waals surface area contributed by atoms with Gasteiger partial charge in [-0.15, -0.1) is 0 Å². The average molecular weight is 275 g/mol. The number of nitro benzene ring substituents is 1. The van der Waals surface area contributed by atoms with E-state index in [9.17, 15) is 19.7 Å². The maximum Gasteiger partial charge on any atom is 0.278 e.